The fraction of sp³-hybridized carbons (Fsp3) is 0.588. The summed E-state index contributed by atoms with van der Waals surface area (Å²) >= 11 is 0. The zero-order valence-electron chi connectivity index (χ0n) is 11.2. The maximum Gasteiger partial charge on any atom is 0.140 e. The van der Waals surface area contributed by atoms with Crippen molar-refractivity contribution < 1.29 is 9.53 Å². The molecule has 1 saturated carbocycles. The summed E-state index contributed by atoms with van der Waals surface area (Å²) in [5.74, 6) is 2.32. The Morgan fingerprint density at radius 2 is 1.89 bits per heavy atom. The number of carbonyl (C=O) groups is 1. The van der Waals surface area contributed by atoms with Crippen LogP contribution in [0.15, 0.2) is 24.3 Å². The number of ether oxygens (including phenoxy) is 1. The number of carbonyl (C=O) groups excluding carboxylic acids is 1. The van der Waals surface area contributed by atoms with Crippen molar-refractivity contribution in [1.29, 1.82) is 0 Å². The fourth-order valence-electron chi connectivity index (χ4n) is 4.21. The van der Waals surface area contributed by atoms with Crippen LogP contribution in [0.4, 0.5) is 0 Å². The van der Waals surface area contributed by atoms with Crippen LogP contribution < -0.4 is 0 Å². The number of ketones is 1. The lowest BCUT2D eigenvalue weighted by atomic mass is 9.90. The van der Waals surface area contributed by atoms with Gasteiger partial charge in [-0.05, 0) is 48.6 Å². The second-order valence-electron chi connectivity index (χ2n) is 6.24. The van der Waals surface area contributed by atoms with E-state index in [2.05, 4.69) is 24.3 Å². The molecule has 1 aromatic rings. The Kier molecular flexibility index (Phi) is 2.73. The number of hydrogen-bond acceptors (Lipinski definition) is 2. The van der Waals surface area contributed by atoms with Gasteiger partial charge < -0.3 is 4.74 Å². The Morgan fingerprint density at radius 3 is 2.74 bits per heavy atom. The van der Waals surface area contributed by atoms with Gasteiger partial charge in [0.15, 0.2) is 0 Å². The summed E-state index contributed by atoms with van der Waals surface area (Å²) in [6, 6.07) is 8.72. The van der Waals surface area contributed by atoms with E-state index in [1.807, 2.05) is 0 Å². The van der Waals surface area contributed by atoms with Crippen LogP contribution in [0.1, 0.15) is 36.3 Å². The largest absolute Gasteiger partial charge is 0.381 e. The number of rotatable bonds is 2. The zero-order valence-corrected chi connectivity index (χ0v) is 11.2. The number of benzene rings is 1. The van der Waals surface area contributed by atoms with E-state index < -0.39 is 0 Å². The first-order valence-electron chi connectivity index (χ1n) is 7.55. The highest BCUT2D eigenvalue weighted by Crippen LogP contribution is 2.61. The molecule has 3 atom stereocenters. The van der Waals surface area contributed by atoms with Gasteiger partial charge in [0.05, 0.1) is 0 Å². The predicted molar refractivity (Wildman–Crippen MR) is 73.0 cm³/mol. The van der Waals surface area contributed by atoms with Crippen molar-refractivity contribution in [2.75, 3.05) is 13.2 Å². The average Bonchev–Trinajstić information content (AvgIpc) is 3.22. The molecule has 3 unspecified atom stereocenters. The van der Waals surface area contributed by atoms with Gasteiger partial charge in [0.2, 0.25) is 0 Å². The minimum absolute atomic E-state index is 0.275. The molecule has 1 aromatic carbocycles. The molecule has 0 spiro atoms. The van der Waals surface area contributed by atoms with Gasteiger partial charge in [-0.2, -0.15) is 0 Å². The lowest BCUT2D eigenvalue weighted by Crippen LogP contribution is -2.25. The summed E-state index contributed by atoms with van der Waals surface area (Å²) in [5, 5.41) is 0. The summed E-state index contributed by atoms with van der Waals surface area (Å²) in [5.41, 5.74) is 2.94. The van der Waals surface area contributed by atoms with E-state index in [-0.39, 0.29) is 5.92 Å². The minimum Gasteiger partial charge on any atom is -0.381 e. The lowest BCUT2D eigenvalue weighted by molar-refractivity contribution is -0.127. The van der Waals surface area contributed by atoms with Gasteiger partial charge in [0.1, 0.15) is 5.78 Å². The molecule has 19 heavy (non-hydrogen) atoms. The molecule has 0 N–H and O–H groups in total. The maximum atomic E-state index is 12.7. The molecular formula is C17H20O2. The molecular weight excluding hydrogens is 236 g/mol. The van der Waals surface area contributed by atoms with Crippen molar-refractivity contribution in [2.24, 2.45) is 17.8 Å². The van der Waals surface area contributed by atoms with Crippen LogP contribution in [0, 0.1) is 17.8 Å². The van der Waals surface area contributed by atoms with Crippen LogP contribution in [0.5, 0.6) is 0 Å². The topological polar surface area (TPSA) is 26.3 Å². The summed E-state index contributed by atoms with van der Waals surface area (Å²) in [6.45, 7) is 1.55. The minimum atomic E-state index is 0.275. The van der Waals surface area contributed by atoms with Gasteiger partial charge in [-0.15, -0.1) is 0 Å². The smallest absolute Gasteiger partial charge is 0.140 e. The van der Waals surface area contributed by atoms with E-state index in [4.69, 9.17) is 4.74 Å². The zero-order chi connectivity index (χ0) is 12.8. The van der Waals surface area contributed by atoms with Crippen molar-refractivity contribution in [3.05, 3.63) is 35.4 Å². The molecule has 4 rings (SSSR count). The lowest BCUT2D eigenvalue weighted by Gasteiger charge is -2.20. The third-order valence-corrected chi connectivity index (χ3v) is 5.28. The van der Waals surface area contributed by atoms with Crippen LogP contribution in [-0.2, 0) is 16.0 Å². The monoisotopic (exact) mass is 256 g/mol. The Balaban J connectivity index is 1.55. The second kappa shape index (κ2) is 4.45. The molecule has 1 heterocycles. The molecule has 1 saturated heterocycles. The summed E-state index contributed by atoms with van der Waals surface area (Å²) < 4.78 is 5.37. The Hall–Kier alpha value is -1.15. The van der Waals surface area contributed by atoms with Gasteiger partial charge in [-0.3, -0.25) is 4.79 Å². The van der Waals surface area contributed by atoms with Crippen LogP contribution in [0.2, 0.25) is 0 Å². The first-order valence-corrected chi connectivity index (χ1v) is 7.55. The second-order valence-corrected chi connectivity index (χ2v) is 6.24. The van der Waals surface area contributed by atoms with Gasteiger partial charge in [0.25, 0.3) is 0 Å². The Morgan fingerprint density at radius 1 is 1.11 bits per heavy atom. The van der Waals surface area contributed by atoms with E-state index >= 15 is 0 Å². The molecule has 1 aliphatic heterocycles. The van der Waals surface area contributed by atoms with Crippen molar-refractivity contribution in [3.63, 3.8) is 0 Å². The van der Waals surface area contributed by atoms with Gasteiger partial charge in [-0.25, -0.2) is 0 Å². The Labute approximate surface area is 114 Å². The summed E-state index contributed by atoms with van der Waals surface area (Å²) in [6.07, 6.45) is 4.25. The van der Waals surface area contributed by atoms with Crippen molar-refractivity contribution >= 4 is 5.78 Å². The number of Topliss-reactive ketones (excluding diaryl/α,β-unsaturated/α-hetero) is 1. The molecule has 0 radical (unpaired) electrons. The predicted octanol–water partition coefficient (Wildman–Crippen LogP) is 2.96. The van der Waals surface area contributed by atoms with Crippen LogP contribution >= 0.6 is 0 Å². The molecule has 0 aromatic heterocycles. The van der Waals surface area contributed by atoms with Crippen LogP contribution in [-0.4, -0.2) is 19.0 Å². The number of fused-ring (bicyclic) bond motifs is 3. The van der Waals surface area contributed by atoms with E-state index in [9.17, 15) is 4.79 Å². The van der Waals surface area contributed by atoms with E-state index in [1.54, 1.807) is 0 Å². The molecule has 2 heteroatoms. The first-order chi connectivity index (χ1) is 9.36. The molecule has 2 nitrogen and oxygen atoms in total. The molecule has 0 bridgehead atoms. The highest BCUT2D eigenvalue weighted by molar-refractivity contribution is 5.88. The molecule has 2 fully saturated rings. The fourth-order valence-corrected chi connectivity index (χ4v) is 4.21. The number of hydrogen-bond donors (Lipinski definition) is 0. The first kappa shape index (κ1) is 11.7. The molecule has 100 valence electrons. The average molecular weight is 256 g/mol. The van der Waals surface area contributed by atoms with Gasteiger partial charge in [-0.1, -0.05) is 24.3 Å². The van der Waals surface area contributed by atoms with Crippen molar-refractivity contribution in [2.45, 2.75) is 31.6 Å². The summed E-state index contributed by atoms with van der Waals surface area (Å²) in [7, 11) is 0. The van der Waals surface area contributed by atoms with E-state index in [0.717, 1.165) is 32.5 Å². The highest BCUT2D eigenvalue weighted by Gasteiger charge is 2.57. The van der Waals surface area contributed by atoms with Crippen LogP contribution in [0.25, 0.3) is 0 Å². The van der Waals surface area contributed by atoms with Crippen molar-refractivity contribution in [1.82, 2.24) is 0 Å². The standard InChI is InChI=1S/C17H20O2/c18-17(12-7-9-19-10-8-12)16-14-6-5-11-3-1-2-4-13(11)15(14)16/h1-4,12,14-16H,5-10H2. The summed E-state index contributed by atoms with van der Waals surface area (Å²) in [4.78, 5) is 12.7. The normalized spacial score (nSPS) is 33.4. The third-order valence-electron chi connectivity index (χ3n) is 5.28. The maximum absolute atomic E-state index is 12.7. The molecule has 0 amide bonds. The van der Waals surface area contributed by atoms with Gasteiger partial charge >= 0.3 is 0 Å². The molecule has 3 aliphatic rings. The molecule has 2 aliphatic carbocycles. The van der Waals surface area contributed by atoms with Crippen LogP contribution in [0.3, 0.4) is 0 Å². The van der Waals surface area contributed by atoms with E-state index in [0.29, 0.717) is 23.5 Å². The van der Waals surface area contributed by atoms with Crippen molar-refractivity contribution in [3.8, 4) is 0 Å². The third kappa shape index (κ3) is 1.85. The quantitative estimate of drug-likeness (QED) is 0.813. The number of aryl methyl sites for hydroxylation is 1. The van der Waals surface area contributed by atoms with Gasteiger partial charge in [0, 0.05) is 25.0 Å². The Bertz CT molecular complexity index is 502. The SMILES string of the molecule is O=C(C1CCOCC1)C1C2CCc3ccccc3C21. The van der Waals surface area contributed by atoms with E-state index in [1.165, 1.54) is 17.5 Å². The highest BCUT2D eigenvalue weighted by atomic mass is 16.5.